The third kappa shape index (κ3) is 2.06. The van der Waals surface area contributed by atoms with Crippen molar-refractivity contribution in [1.82, 2.24) is 4.57 Å². The van der Waals surface area contributed by atoms with E-state index in [1.807, 2.05) is 20.0 Å². The molecule has 0 saturated carbocycles. The molecule has 0 bridgehead atoms. The summed E-state index contributed by atoms with van der Waals surface area (Å²) in [5.74, 6) is -0.0867. The van der Waals surface area contributed by atoms with Crippen molar-refractivity contribution >= 4 is 50.5 Å². The van der Waals surface area contributed by atoms with E-state index >= 15 is 0 Å². The Bertz CT molecular complexity index is 832. The lowest BCUT2D eigenvalue weighted by molar-refractivity contribution is 0.104. The summed E-state index contributed by atoms with van der Waals surface area (Å²) in [6, 6.07) is 9.09. The standard InChI is InChI=1S/C15H11Cl2NOS/c1-8-6-9-7-12(20-15(9)18(8)2)14(19)10-4-3-5-11(16)13(10)17/h3-7H,1-2H3. The largest absolute Gasteiger partial charge is 0.340 e. The Hall–Kier alpha value is -1.29. The summed E-state index contributed by atoms with van der Waals surface area (Å²) >= 11 is 13.6. The maximum atomic E-state index is 12.5. The highest BCUT2D eigenvalue weighted by Gasteiger charge is 2.18. The van der Waals surface area contributed by atoms with Crippen LogP contribution in [0.3, 0.4) is 0 Å². The molecule has 3 aromatic rings. The van der Waals surface area contributed by atoms with Crippen molar-refractivity contribution < 1.29 is 4.79 Å². The Morgan fingerprint density at radius 3 is 2.70 bits per heavy atom. The molecule has 3 rings (SSSR count). The number of rotatable bonds is 2. The highest BCUT2D eigenvalue weighted by Crippen LogP contribution is 2.32. The Labute approximate surface area is 130 Å². The fraction of sp³-hybridized carbons (Fsp3) is 0.133. The molecule has 0 aliphatic heterocycles. The first-order valence-corrected chi connectivity index (χ1v) is 7.61. The van der Waals surface area contributed by atoms with E-state index in [1.165, 1.54) is 17.0 Å². The van der Waals surface area contributed by atoms with E-state index in [1.54, 1.807) is 18.2 Å². The Balaban J connectivity index is 2.10. The van der Waals surface area contributed by atoms with Gasteiger partial charge < -0.3 is 4.57 Å². The van der Waals surface area contributed by atoms with Gasteiger partial charge in [-0.05, 0) is 31.2 Å². The molecule has 5 heteroatoms. The van der Waals surface area contributed by atoms with Crippen LogP contribution in [0.15, 0.2) is 30.3 Å². The summed E-state index contributed by atoms with van der Waals surface area (Å²) < 4.78 is 2.08. The van der Waals surface area contributed by atoms with E-state index in [0.717, 1.165) is 10.2 Å². The monoisotopic (exact) mass is 323 g/mol. The molecular weight excluding hydrogens is 313 g/mol. The number of halogens is 2. The summed E-state index contributed by atoms with van der Waals surface area (Å²) in [6.45, 7) is 2.04. The fourth-order valence-electron chi connectivity index (χ4n) is 2.17. The van der Waals surface area contributed by atoms with Gasteiger partial charge in [0.15, 0.2) is 0 Å². The molecule has 2 heterocycles. The number of carbonyl (C=O) groups excluding carboxylic acids is 1. The molecule has 0 aliphatic carbocycles. The van der Waals surface area contributed by atoms with Gasteiger partial charge in [-0.3, -0.25) is 4.79 Å². The molecule has 0 saturated heterocycles. The van der Waals surface area contributed by atoms with Gasteiger partial charge in [-0.2, -0.15) is 0 Å². The Morgan fingerprint density at radius 1 is 1.25 bits per heavy atom. The fourth-order valence-corrected chi connectivity index (χ4v) is 3.67. The third-order valence-corrected chi connectivity index (χ3v) is 5.40. The minimum absolute atomic E-state index is 0.0867. The second-order valence-corrected chi connectivity index (χ2v) is 6.46. The first-order valence-electron chi connectivity index (χ1n) is 6.03. The molecule has 0 atom stereocenters. The number of hydrogen-bond donors (Lipinski definition) is 0. The highest BCUT2D eigenvalue weighted by atomic mass is 35.5. The Kier molecular flexibility index (Phi) is 3.36. The van der Waals surface area contributed by atoms with Crippen molar-refractivity contribution in [2.45, 2.75) is 6.92 Å². The van der Waals surface area contributed by atoms with Gasteiger partial charge in [0, 0.05) is 23.7 Å². The molecular formula is C15H11Cl2NOS. The summed E-state index contributed by atoms with van der Waals surface area (Å²) in [6.07, 6.45) is 0. The molecule has 0 amide bonds. The normalized spacial score (nSPS) is 11.2. The van der Waals surface area contributed by atoms with Gasteiger partial charge in [-0.15, -0.1) is 11.3 Å². The van der Waals surface area contributed by atoms with E-state index in [0.29, 0.717) is 20.5 Å². The van der Waals surface area contributed by atoms with Crippen LogP contribution in [0.5, 0.6) is 0 Å². The predicted molar refractivity (Wildman–Crippen MR) is 85.4 cm³/mol. The Morgan fingerprint density at radius 2 is 2.00 bits per heavy atom. The van der Waals surface area contributed by atoms with Crippen LogP contribution in [0.25, 0.3) is 10.2 Å². The van der Waals surface area contributed by atoms with Crippen LogP contribution >= 0.6 is 34.5 Å². The quantitative estimate of drug-likeness (QED) is 0.602. The zero-order valence-corrected chi connectivity index (χ0v) is 13.2. The van der Waals surface area contributed by atoms with Crippen molar-refractivity contribution in [3.05, 3.63) is 56.5 Å². The summed E-state index contributed by atoms with van der Waals surface area (Å²) in [5, 5.41) is 1.79. The lowest BCUT2D eigenvalue weighted by atomic mass is 10.1. The molecule has 20 heavy (non-hydrogen) atoms. The minimum Gasteiger partial charge on any atom is -0.340 e. The van der Waals surface area contributed by atoms with Gasteiger partial charge in [0.1, 0.15) is 4.83 Å². The maximum Gasteiger partial charge on any atom is 0.204 e. The SMILES string of the molecule is Cc1cc2cc(C(=O)c3cccc(Cl)c3Cl)sc2n1C. The van der Waals surface area contributed by atoms with Crippen LogP contribution in [-0.2, 0) is 7.05 Å². The number of ketones is 1. The smallest absolute Gasteiger partial charge is 0.204 e. The summed E-state index contributed by atoms with van der Waals surface area (Å²) in [4.78, 5) is 14.3. The van der Waals surface area contributed by atoms with Crippen LogP contribution in [0.2, 0.25) is 10.0 Å². The van der Waals surface area contributed by atoms with Crippen LogP contribution < -0.4 is 0 Å². The van der Waals surface area contributed by atoms with Gasteiger partial charge in [-0.1, -0.05) is 29.3 Å². The second-order valence-electron chi connectivity index (χ2n) is 4.65. The first-order chi connectivity index (χ1) is 9.49. The zero-order valence-electron chi connectivity index (χ0n) is 10.9. The van der Waals surface area contributed by atoms with Crippen molar-refractivity contribution in [2.75, 3.05) is 0 Å². The number of thiophene rings is 1. The van der Waals surface area contributed by atoms with Crippen LogP contribution in [0, 0.1) is 6.92 Å². The van der Waals surface area contributed by atoms with Gasteiger partial charge in [0.05, 0.1) is 14.9 Å². The van der Waals surface area contributed by atoms with E-state index in [2.05, 4.69) is 10.6 Å². The lowest BCUT2D eigenvalue weighted by Gasteiger charge is -2.03. The van der Waals surface area contributed by atoms with E-state index in [9.17, 15) is 4.79 Å². The molecule has 0 spiro atoms. The molecule has 102 valence electrons. The number of nitrogens with zero attached hydrogens (tertiary/aromatic N) is 1. The van der Waals surface area contributed by atoms with Crippen LogP contribution in [-0.4, -0.2) is 10.4 Å². The molecule has 0 radical (unpaired) electrons. The highest BCUT2D eigenvalue weighted by molar-refractivity contribution is 7.20. The van der Waals surface area contributed by atoms with Gasteiger partial charge in [-0.25, -0.2) is 0 Å². The molecule has 0 unspecified atom stereocenters. The molecule has 0 aliphatic rings. The van der Waals surface area contributed by atoms with Crippen LogP contribution in [0.4, 0.5) is 0 Å². The number of carbonyl (C=O) groups is 1. The molecule has 0 fully saturated rings. The number of aromatic nitrogens is 1. The van der Waals surface area contributed by atoms with Crippen LogP contribution in [0.1, 0.15) is 20.9 Å². The van der Waals surface area contributed by atoms with Gasteiger partial charge in [0.25, 0.3) is 0 Å². The van der Waals surface area contributed by atoms with Crippen molar-refractivity contribution in [1.29, 1.82) is 0 Å². The number of benzene rings is 1. The minimum atomic E-state index is -0.0867. The predicted octanol–water partition coefficient (Wildman–Crippen LogP) is 5.09. The van der Waals surface area contributed by atoms with Crippen molar-refractivity contribution in [2.24, 2.45) is 7.05 Å². The average molecular weight is 324 g/mol. The summed E-state index contributed by atoms with van der Waals surface area (Å²) in [7, 11) is 1.99. The van der Waals surface area contributed by atoms with E-state index in [4.69, 9.17) is 23.2 Å². The van der Waals surface area contributed by atoms with E-state index in [-0.39, 0.29) is 5.78 Å². The number of aryl methyl sites for hydroxylation is 2. The first kappa shape index (κ1) is 13.7. The van der Waals surface area contributed by atoms with Crippen molar-refractivity contribution in [3.63, 3.8) is 0 Å². The zero-order chi connectivity index (χ0) is 14.4. The third-order valence-electron chi connectivity index (χ3n) is 3.36. The molecule has 2 nitrogen and oxygen atoms in total. The number of hydrogen-bond acceptors (Lipinski definition) is 2. The average Bonchev–Trinajstić information content (AvgIpc) is 2.93. The van der Waals surface area contributed by atoms with E-state index < -0.39 is 0 Å². The molecule has 1 aromatic carbocycles. The maximum absolute atomic E-state index is 12.5. The topological polar surface area (TPSA) is 22.0 Å². The van der Waals surface area contributed by atoms with Gasteiger partial charge >= 0.3 is 0 Å². The molecule has 0 N–H and O–H groups in total. The second kappa shape index (κ2) is 4.92. The number of fused-ring (bicyclic) bond motifs is 1. The summed E-state index contributed by atoms with van der Waals surface area (Å²) in [5.41, 5.74) is 1.62. The molecule has 2 aromatic heterocycles. The van der Waals surface area contributed by atoms with Crippen molar-refractivity contribution in [3.8, 4) is 0 Å². The van der Waals surface area contributed by atoms with Gasteiger partial charge in [0.2, 0.25) is 5.78 Å². The lowest BCUT2D eigenvalue weighted by Crippen LogP contribution is -1.99.